The normalized spacial score (nSPS) is 25.2. The van der Waals surface area contributed by atoms with Crippen LogP contribution < -0.4 is 0 Å². The van der Waals surface area contributed by atoms with E-state index in [4.69, 9.17) is 11.6 Å². The Labute approximate surface area is 186 Å². The number of nitrogens with zero attached hydrogens (tertiary/aromatic N) is 2. The first-order valence-corrected chi connectivity index (χ1v) is 12.2. The van der Waals surface area contributed by atoms with E-state index in [1.54, 1.807) is 6.92 Å². The summed E-state index contributed by atoms with van der Waals surface area (Å²) in [4.78, 5) is 27.0. The number of hydrogen-bond donors (Lipinski definition) is 1. The first kappa shape index (κ1) is 23.2. The van der Waals surface area contributed by atoms with Crippen LogP contribution in [0.2, 0.25) is 5.02 Å². The second kappa shape index (κ2) is 9.79. The number of halogens is 1. The third-order valence-corrected chi connectivity index (χ3v) is 8.41. The predicted octanol–water partition coefficient (Wildman–Crippen LogP) is 3.88. The lowest BCUT2D eigenvalue weighted by Gasteiger charge is -2.45. The van der Waals surface area contributed by atoms with Crippen LogP contribution in [0.15, 0.2) is 24.3 Å². The summed E-state index contributed by atoms with van der Waals surface area (Å²) in [7, 11) is 0.804. The highest BCUT2D eigenvalue weighted by Crippen LogP contribution is 2.39. The number of carbonyl (C=O) groups is 2. The minimum Gasteiger partial charge on any atom is -0.481 e. The Hall–Kier alpha value is -1.44. The second-order valence-electron chi connectivity index (χ2n) is 8.47. The maximum absolute atomic E-state index is 13.6. The molecule has 166 valence electrons. The summed E-state index contributed by atoms with van der Waals surface area (Å²) in [6, 6.07) is 7.23. The van der Waals surface area contributed by atoms with Crippen LogP contribution in [0.1, 0.15) is 57.6 Å². The molecule has 2 aliphatic rings. The molecule has 2 fully saturated rings. The van der Waals surface area contributed by atoms with Crippen LogP contribution in [0.5, 0.6) is 0 Å². The smallest absolute Gasteiger partial charge is 0.307 e. The molecule has 5 atom stereocenters. The number of hydrogen-bond acceptors (Lipinski definition) is 3. The molecule has 2 unspecified atom stereocenters. The zero-order valence-electron chi connectivity index (χ0n) is 17.8. The number of carbonyl (C=O) groups excluding carboxylic acids is 1. The molecule has 1 aliphatic heterocycles. The van der Waals surface area contributed by atoms with Crippen LogP contribution in [-0.4, -0.2) is 55.3 Å². The molecule has 0 radical (unpaired) electrons. The van der Waals surface area contributed by atoms with E-state index in [1.807, 2.05) is 47.4 Å². The van der Waals surface area contributed by atoms with Gasteiger partial charge in [0.25, 0.3) is 0 Å². The minimum absolute atomic E-state index is 0.117. The van der Waals surface area contributed by atoms with E-state index in [-0.39, 0.29) is 23.2 Å². The third kappa shape index (κ3) is 5.06. The highest BCUT2D eigenvalue weighted by atomic mass is 35.5. The summed E-state index contributed by atoms with van der Waals surface area (Å²) in [6.45, 7) is 4.14. The Morgan fingerprint density at radius 3 is 2.43 bits per heavy atom. The van der Waals surface area contributed by atoms with E-state index in [0.717, 1.165) is 18.4 Å². The average Bonchev–Trinajstić information content (AvgIpc) is 3.56. The number of rotatable bonds is 9. The molecule has 1 amide bonds. The van der Waals surface area contributed by atoms with Gasteiger partial charge >= 0.3 is 5.97 Å². The number of likely N-dealkylation sites (tertiary alicyclic amines) is 1. The Balaban J connectivity index is 1.89. The van der Waals surface area contributed by atoms with Crippen molar-refractivity contribution in [2.75, 3.05) is 13.6 Å². The minimum atomic E-state index is -1.04. The predicted molar refractivity (Wildman–Crippen MR) is 118 cm³/mol. The Morgan fingerprint density at radius 1 is 1.27 bits per heavy atom. The number of amides is 1. The lowest BCUT2D eigenvalue weighted by atomic mass is 9.80. The first-order chi connectivity index (χ1) is 14.2. The van der Waals surface area contributed by atoms with Crippen molar-refractivity contribution in [1.82, 2.24) is 9.21 Å². The summed E-state index contributed by atoms with van der Waals surface area (Å²) in [5, 5.41) is 10.4. The fourth-order valence-corrected chi connectivity index (χ4v) is 5.83. The van der Waals surface area contributed by atoms with E-state index in [2.05, 4.69) is 0 Å². The number of aliphatic carboxylic acids is 1. The molecule has 1 heterocycles. The number of likely N-dealkylation sites (N-methyl/N-ethyl adjacent to an activating group) is 1. The van der Waals surface area contributed by atoms with Crippen molar-refractivity contribution in [3.05, 3.63) is 34.9 Å². The van der Waals surface area contributed by atoms with Crippen LogP contribution in [-0.2, 0) is 20.6 Å². The van der Waals surface area contributed by atoms with Gasteiger partial charge in [-0.3, -0.25) is 9.59 Å². The molecule has 8 heteroatoms. The summed E-state index contributed by atoms with van der Waals surface area (Å²) in [6.07, 6.45) is 3.91. The summed E-state index contributed by atoms with van der Waals surface area (Å²) < 4.78 is 14.5. The van der Waals surface area contributed by atoms with E-state index in [9.17, 15) is 18.9 Å². The standard InChI is InChI=1S/C22H31ClN2O4S/c1-4-17(13-24(3)30(29)18-9-10-18)25-20(15-5-7-16(23)8-6-15)12-11-19(21(25)26)14(2)22(27)28/h5-8,14,17-20H,4,9-13H2,1-3H3,(H,27,28)/t14-,17+,19?,20+,30?/m1/s1. The highest BCUT2D eigenvalue weighted by Gasteiger charge is 2.44. The van der Waals surface area contributed by atoms with Gasteiger partial charge in [-0.25, -0.2) is 8.51 Å². The van der Waals surface area contributed by atoms with Crippen LogP contribution in [0.4, 0.5) is 0 Å². The number of carboxylic acid groups (broad SMARTS) is 1. The zero-order chi connectivity index (χ0) is 22.0. The molecule has 1 aliphatic carbocycles. The molecule has 0 bridgehead atoms. The lowest BCUT2D eigenvalue weighted by molar-refractivity contribution is -0.156. The molecule has 0 spiro atoms. The van der Waals surface area contributed by atoms with Crippen LogP contribution in [0.3, 0.4) is 0 Å². The van der Waals surface area contributed by atoms with Gasteiger partial charge in [0.2, 0.25) is 5.91 Å². The number of carboxylic acids is 1. The van der Waals surface area contributed by atoms with Gasteiger partial charge in [0.15, 0.2) is 0 Å². The molecule has 1 aromatic rings. The quantitative estimate of drug-likeness (QED) is 0.614. The van der Waals surface area contributed by atoms with Gasteiger partial charge in [-0.2, -0.15) is 0 Å². The van der Waals surface area contributed by atoms with Gasteiger partial charge in [-0.15, -0.1) is 0 Å². The highest BCUT2D eigenvalue weighted by molar-refractivity contribution is 7.83. The Bertz CT molecular complexity index is 799. The van der Waals surface area contributed by atoms with Crippen molar-refractivity contribution in [3.63, 3.8) is 0 Å². The largest absolute Gasteiger partial charge is 0.481 e. The van der Waals surface area contributed by atoms with Crippen molar-refractivity contribution in [1.29, 1.82) is 0 Å². The van der Waals surface area contributed by atoms with Crippen molar-refractivity contribution in [3.8, 4) is 0 Å². The van der Waals surface area contributed by atoms with Gasteiger partial charge in [-0.1, -0.05) is 37.6 Å². The molecule has 1 saturated heterocycles. The molecule has 1 saturated carbocycles. The maximum Gasteiger partial charge on any atom is 0.307 e. The number of piperidine rings is 1. The van der Waals surface area contributed by atoms with Gasteiger partial charge in [0.05, 0.1) is 28.9 Å². The molecule has 1 N–H and O–H groups in total. The van der Waals surface area contributed by atoms with Crippen molar-refractivity contribution < 1.29 is 18.9 Å². The lowest BCUT2D eigenvalue weighted by Crippen LogP contribution is -2.54. The molecule has 6 nitrogen and oxygen atoms in total. The summed E-state index contributed by atoms with van der Waals surface area (Å²) in [5.41, 5.74) is 0.999. The molecule has 0 aromatic heterocycles. The van der Waals surface area contributed by atoms with E-state index in [0.29, 0.717) is 30.8 Å². The van der Waals surface area contributed by atoms with Crippen LogP contribution in [0, 0.1) is 11.8 Å². The summed E-state index contributed by atoms with van der Waals surface area (Å²) >= 11 is 6.06. The fraction of sp³-hybridized carbons (Fsp3) is 0.636. The van der Waals surface area contributed by atoms with Crippen molar-refractivity contribution in [2.45, 2.75) is 63.3 Å². The number of benzene rings is 1. The Morgan fingerprint density at radius 2 is 1.90 bits per heavy atom. The van der Waals surface area contributed by atoms with Crippen molar-refractivity contribution in [2.24, 2.45) is 11.8 Å². The van der Waals surface area contributed by atoms with E-state index >= 15 is 0 Å². The average molecular weight is 455 g/mol. The zero-order valence-corrected chi connectivity index (χ0v) is 19.4. The fourth-order valence-electron chi connectivity index (χ4n) is 4.34. The van der Waals surface area contributed by atoms with Crippen LogP contribution >= 0.6 is 11.6 Å². The Kier molecular flexibility index (Phi) is 7.58. The molecule has 30 heavy (non-hydrogen) atoms. The molecular weight excluding hydrogens is 424 g/mol. The van der Waals surface area contributed by atoms with Gasteiger partial charge in [-0.05, 0) is 56.8 Å². The van der Waals surface area contributed by atoms with Gasteiger partial charge < -0.3 is 10.0 Å². The second-order valence-corrected chi connectivity index (χ2v) is 10.8. The molecule has 1 aromatic carbocycles. The summed E-state index contributed by atoms with van der Waals surface area (Å²) in [5.74, 6) is -2.34. The topological polar surface area (TPSA) is 77.9 Å². The van der Waals surface area contributed by atoms with Crippen molar-refractivity contribution >= 4 is 34.5 Å². The SMILES string of the molecule is CC[C@@H](CN(C)S(=O)C1CC1)N1C(=O)C([C@@H](C)C(=O)O)CC[C@H]1c1ccc(Cl)cc1. The van der Waals surface area contributed by atoms with E-state index < -0.39 is 28.8 Å². The van der Waals surface area contributed by atoms with Gasteiger partial charge in [0.1, 0.15) is 0 Å². The maximum atomic E-state index is 13.6. The monoisotopic (exact) mass is 454 g/mol. The third-order valence-electron chi connectivity index (χ3n) is 6.36. The van der Waals surface area contributed by atoms with Gasteiger partial charge in [0, 0.05) is 22.9 Å². The van der Waals surface area contributed by atoms with Crippen LogP contribution in [0.25, 0.3) is 0 Å². The molecular formula is C22H31ClN2O4S. The molecule has 3 rings (SSSR count). The first-order valence-electron chi connectivity index (χ1n) is 10.7. The van der Waals surface area contributed by atoms with E-state index in [1.165, 1.54) is 0 Å².